The minimum absolute atomic E-state index is 0.0750. The number of nitrogens with zero attached hydrogens (tertiary/aromatic N) is 2. The van der Waals surface area contributed by atoms with Crippen molar-refractivity contribution in [1.29, 1.82) is 0 Å². The molecule has 5 heteroatoms. The average Bonchev–Trinajstić information content (AvgIpc) is 2.80. The van der Waals surface area contributed by atoms with Gasteiger partial charge in [-0.25, -0.2) is 4.79 Å². The van der Waals surface area contributed by atoms with E-state index in [0.29, 0.717) is 17.4 Å². The Morgan fingerprint density at radius 3 is 2.81 bits per heavy atom. The SMILES string of the molecule is Cc1ccnc(Cn2c(C(=O)O)cc3c(O)cccc32)c1. The Kier molecular flexibility index (Phi) is 3.10. The van der Waals surface area contributed by atoms with E-state index >= 15 is 0 Å². The molecule has 2 aromatic heterocycles. The normalized spacial score (nSPS) is 10.9. The summed E-state index contributed by atoms with van der Waals surface area (Å²) in [4.78, 5) is 15.7. The van der Waals surface area contributed by atoms with Crippen LogP contribution in [0.1, 0.15) is 21.7 Å². The van der Waals surface area contributed by atoms with E-state index < -0.39 is 5.97 Å². The van der Waals surface area contributed by atoms with Gasteiger partial charge in [-0.15, -0.1) is 0 Å². The van der Waals surface area contributed by atoms with Gasteiger partial charge < -0.3 is 14.8 Å². The summed E-state index contributed by atoms with van der Waals surface area (Å²) in [6.07, 6.45) is 1.70. The van der Waals surface area contributed by atoms with Crippen molar-refractivity contribution in [2.75, 3.05) is 0 Å². The van der Waals surface area contributed by atoms with E-state index in [0.717, 1.165) is 11.3 Å². The van der Waals surface area contributed by atoms with Gasteiger partial charge in [0.25, 0.3) is 0 Å². The zero-order valence-corrected chi connectivity index (χ0v) is 11.4. The zero-order chi connectivity index (χ0) is 15.0. The molecule has 0 amide bonds. The Morgan fingerprint density at radius 1 is 1.29 bits per heavy atom. The van der Waals surface area contributed by atoms with Crippen LogP contribution in [0.2, 0.25) is 0 Å². The number of pyridine rings is 1. The third-order valence-electron chi connectivity index (χ3n) is 3.43. The fourth-order valence-electron chi connectivity index (χ4n) is 2.46. The van der Waals surface area contributed by atoms with Gasteiger partial charge in [0.2, 0.25) is 0 Å². The summed E-state index contributed by atoms with van der Waals surface area (Å²) in [5.74, 6) is -0.954. The smallest absolute Gasteiger partial charge is 0.352 e. The van der Waals surface area contributed by atoms with Gasteiger partial charge in [-0.05, 0) is 42.8 Å². The Morgan fingerprint density at radius 2 is 2.10 bits per heavy atom. The summed E-state index contributed by atoms with van der Waals surface area (Å²) in [7, 11) is 0. The number of carbonyl (C=O) groups is 1. The molecule has 0 saturated carbocycles. The first kappa shape index (κ1) is 13.2. The molecule has 106 valence electrons. The lowest BCUT2D eigenvalue weighted by molar-refractivity contribution is 0.0686. The molecule has 3 aromatic rings. The molecule has 0 saturated heterocycles. The van der Waals surface area contributed by atoms with Crippen LogP contribution in [0.4, 0.5) is 0 Å². The molecule has 2 N–H and O–H groups in total. The molecule has 0 spiro atoms. The first-order chi connectivity index (χ1) is 10.1. The Hall–Kier alpha value is -2.82. The first-order valence-corrected chi connectivity index (χ1v) is 6.52. The van der Waals surface area contributed by atoms with Crippen LogP contribution in [0, 0.1) is 6.92 Å². The summed E-state index contributed by atoms with van der Waals surface area (Å²) in [5, 5.41) is 19.8. The van der Waals surface area contributed by atoms with Crippen molar-refractivity contribution < 1.29 is 15.0 Å². The van der Waals surface area contributed by atoms with Gasteiger partial charge in [0.15, 0.2) is 0 Å². The molecule has 1 aromatic carbocycles. The van der Waals surface area contributed by atoms with E-state index in [1.165, 1.54) is 6.07 Å². The molecule has 21 heavy (non-hydrogen) atoms. The standard InChI is InChI=1S/C16H14N2O3/c1-10-5-6-17-11(7-10)9-18-13-3-2-4-15(19)12(13)8-14(18)16(20)21/h2-8,19H,9H2,1H3,(H,20,21). The number of phenols is 1. The lowest BCUT2D eigenvalue weighted by Crippen LogP contribution is -2.10. The fraction of sp³-hybridized carbons (Fsp3) is 0.125. The number of benzene rings is 1. The largest absolute Gasteiger partial charge is 0.507 e. The number of phenolic OH excluding ortho intramolecular Hbond substituents is 1. The highest BCUT2D eigenvalue weighted by atomic mass is 16.4. The Labute approximate surface area is 121 Å². The second-order valence-electron chi connectivity index (χ2n) is 4.96. The number of aromatic nitrogens is 2. The third-order valence-corrected chi connectivity index (χ3v) is 3.43. The van der Waals surface area contributed by atoms with E-state index in [1.807, 2.05) is 19.1 Å². The number of fused-ring (bicyclic) bond motifs is 1. The van der Waals surface area contributed by atoms with E-state index in [1.54, 1.807) is 29.0 Å². The van der Waals surface area contributed by atoms with Gasteiger partial charge in [0.1, 0.15) is 11.4 Å². The molecule has 2 heterocycles. The maximum absolute atomic E-state index is 11.4. The van der Waals surface area contributed by atoms with Crippen molar-refractivity contribution in [3.63, 3.8) is 0 Å². The topological polar surface area (TPSA) is 75.4 Å². The number of aromatic carboxylic acids is 1. The number of aromatic hydroxyl groups is 1. The summed E-state index contributed by atoms with van der Waals surface area (Å²) >= 11 is 0. The minimum Gasteiger partial charge on any atom is -0.507 e. The molecule has 0 radical (unpaired) electrons. The number of aryl methyl sites for hydroxylation is 1. The molecular formula is C16H14N2O3. The fourth-order valence-corrected chi connectivity index (χ4v) is 2.46. The van der Waals surface area contributed by atoms with Gasteiger partial charge in [0.05, 0.1) is 17.8 Å². The maximum atomic E-state index is 11.4. The van der Waals surface area contributed by atoms with E-state index in [4.69, 9.17) is 0 Å². The highest BCUT2D eigenvalue weighted by Crippen LogP contribution is 2.28. The van der Waals surface area contributed by atoms with Crippen LogP contribution in [0.25, 0.3) is 10.9 Å². The van der Waals surface area contributed by atoms with Crippen molar-refractivity contribution >= 4 is 16.9 Å². The summed E-state index contributed by atoms with van der Waals surface area (Å²) < 4.78 is 1.65. The van der Waals surface area contributed by atoms with Gasteiger partial charge >= 0.3 is 5.97 Å². The molecule has 5 nitrogen and oxygen atoms in total. The number of rotatable bonds is 3. The van der Waals surface area contributed by atoms with Crippen LogP contribution in [-0.4, -0.2) is 25.7 Å². The summed E-state index contributed by atoms with van der Waals surface area (Å²) in [5.41, 5.74) is 2.65. The lowest BCUT2D eigenvalue weighted by atomic mass is 10.2. The van der Waals surface area contributed by atoms with Crippen molar-refractivity contribution in [1.82, 2.24) is 9.55 Å². The first-order valence-electron chi connectivity index (χ1n) is 6.52. The summed E-state index contributed by atoms with van der Waals surface area (Å²) in [6.45, 7) is 2.30. The van der Waals surface area contributed by atoms with Crippen molar-refractivity contribution in [2.24, 2.45) is 0 Å². The predicted molar refractivity (Wildman–Crippen MR) is 78.6 cm³/mol. The molecule has 0 aliphatic rings. The van der Waals surface area contributed by atoms with Crippen LogP contribution < -0.4 is 0 Å². The number of carboxylic acid groups (broad SMARTS) is 1. The van der Waals surface area contributed by atoms with Gasteiger partial charge in [-0.2, -0.15) is 0 Å². The van der Waals surface area contributed by atoms with E-state index in [2.05, 4.69) is 4.98 Å². The number of hydrogen-bond donors (Lipinski definition) is 2. The molecular weight excluding hydrogens is 268 g/mol. The summed E-state index contributed by atoms with van der Waals surface area (Å²) in [6, 6.07) is 10.3. The van der Waals surface area contributed by atoms with E-state index in [-0.39, 0.29) is 11.4 Å². The van der Waals surface area contributed by atoms with Gasteiger partial charge in [0, 0.05) is 11.6 Å². The maximum Gasteiger partial charge on any atom is 0.352 e. The molecule has 0 aliphatic carbocycles. The average molecular weight is 282 g/mol. The van der Waals surface area contributed by atoms with Crippen LogP contribution in [0.5, 0.6) is 5.75 Å². The highest BCUT2D eigenvalue weighted by Gasteiger charge is 2.17. The Bertz CT molecular complexity index is 837. The molecule has 3 rings (SSSR count). The van der Waals surface area contributed by atoms with Crippen LogP contribution >= 0.6 is 0 Å². The monoisotopic (exact) mass is 282 g/mol. The van der Waals surface area contributed by atoms with E-state index in [9.17, 15) is 15.0 Å². The molecule has 0 aliphatic heterocycles. The van der Waals surface area contributed by atoms with Crippen molar-refractivity contribution in [2.45, 2.75) is 13.5 Å². The number of carboxylic acids is 1. The highest BCUT2D eigenvalue weighted by molar-refractivity contribution is 5.97. The van der Waals surface area contributed by atoms with Gasteiger partial charge in [-0.1, -0.05) is 6.07 Å². The molecule has 0 fully saturated rings. The number of hydrogen-bond acceptors (Lipinski definition) is 3. The molecule has 0 bridgehead atoms. The molecule has 0 unspecified atom stereocenters. The minimum atomic E-state index is -1.03. The second-order valence-corrected chi connectivity index (χ2v) is 4.96. The lowest BCUT2D eigenvalue weighted by Gasteiger charge is -2.08. The zero-order valence-electron chi connectivity index (χ0n) is 11.4. The second kappa shape index (κ2) is 4.94. The van der Waals surface area contributed by atoms with Crippen LogP contribution in [-0.2, 0) is 6.54 Å². The van der Waals surface area contributed by atoms with Crippen molar-refractivity contribution in [3.8, 4) is 5.75 Å². The third kappa shape index (κ3) is 2.33. The van der Waals surface area contributed by atoms with Gasteiger partial charge in [-0.3, -0.25) is 4.98 Å². The molecule has 0 atom stereocenters. The predicted octanol–water partition coefficient (Wildman–Crippen LogP) is 2.80. The van der Waals surface area contributed by atoms with Crippen molar-refractivity contribution in [3.05, 3.63) is 59.5 Å². The van der Waals surface area contributed by atoms with Crippen LogP contribution in [0.3, 0.4) is 0 Å². The Balaban J connectivity index is 2.18. The van der Waals surface area contributed by atoms with Crippen LogP contribution in [0.15, 0.2) is 42.6 Å². The quantitative estimate of drug-likeness (QED) is 0.774.